The van der Waals surface area contributed by atoms with Crippen LogP contribution in [0.1, 0.15) is 48.4 Å². The Hall–Kier alpha value is -3.38. The molecule has 0 radical (unpaired) electrons. The van der Waals surface area contributed by atoms with E-state index in [1.807, 2.05) is 0 Å². The second-order valence-electron chi connectivity index (χ2n) is 9.11. The largest absolute Gasteiger partial charge is 0.0795 e. The Kier molecular flexibility index (Phi) is 4.21. The standard InChI is InChI=1S/C31H26/c1-20(2)21-6-8-22(9-7-21)23-10-12-24(13-11-23)28-18-16-27-15-14-25-4-3-5-26-17-19-29(28)31(27)30(25)26/h3-4,6-18,20H,5,19H2,1-2H3. The van der Waals surface area contributed by atoms with Crippen molar-refractivity contribution in [3.8, 4) is 22.3 Å². The van der Waals surface area contributed by atoms with Gasteiger partial charge in [-0.1, -0.05) is 105 Å². The third-order valence-electron chi connectivity index (χ3n) is 6.94. The van der Waals surface area contributed by atoms with Gasteiger partial charge < -0.3 is 0 Å². The van der Waals surface area contributed by atoms with E-state index in [9.17, 15) is 0 Å². The Morgan fingerprint density at radius 3 is 2.10 bits per heavy atom. The van der Waals surface area contributed by atoms with Gasteiger partial charge in [-0.05, 0) is 79.6 Å². The molecule has 0 nitrogen and oxygen atoms in total. The zero-order valence-corrected chi connectivity index (χ0v) is 18.2. The summed E-state index contributed by atoms with van der Waals surface area (Å²) < 4.78 is 0. The lowest BCUT2D eigenvalue weighted by Crippen LogP contribution is -2.04. The van der Waals surface area contributed by atoms with E-state index in [-0.39, 0.29) is 0 Å². The van der Waals surface area contributed by atoms with E-state index in [2.05, 4.69) is 105 Å². The molecule has 0 unspecified atom stereocenters. The number of hydrogen-bond acceptors (Lipinski definition) is 0. The highest BCUT2D eigenvalue weighted by Gasteiger charge is 2.21. The molecule has 4 aromatic rings. The van der Waals surface area contributed by atoms with Gasteiger partial charge in [0.25, 0.3) is 0 Å². The summed E-state index contributed by atoms with van der Waals surface area (Å²) in [7, 11) is 0. The molecule has 2 aliphatic rings. The van der Waals surface area contributed by atoms with E-state index in [1.54, 1.807) is 0 Å². The lowest BCUT2D eigenvalue weighted by Gasteiger charge is -2.25. The topological polar surface area (TPSA) is 0 Å². The lowest BCUT2D eigenvalue weighted by molar-refractivity contribution is 0.867. The van der Waals surface area contributed by atoms with Gasteiger partial charge in [0, 0.05) is 0 Å². The van der Waals surface area contributed by atoms with E-state index < -0.39 is 0 Å². The highest BCUT2D eigenvalue weighted by Crippen LogP contribution is 2.43. The van der Waals surface area contributed by atoms with Gasteiger partial charge in [0.1, 0.15) is 0 Å². The first-order valence-corrected chi connectivity index (χ1v) is 11.3. The molecule has 0 atom stereocenters. The van der Waals surface area contributed by atoms with Crippen LogP contribution in [0.3, 0.4) is 0 Å². The van der Waals surface area contributed by atoms with Crippen LogP contribution in [0.5, 0.6) is 0 Å². The summed E-state index contributed by atoms with van der Waals surface area (Å²) >= 11 is 0. The quantitative estimate of drug-likeness (QED) is 0.324. The van der Waals surface area contributed by atoms with Gasteiger partial charge >= 0.3 is 0 Å². The van der Waals surface area contributed by atoms with Crippen LogP contribution in [0.2, 0.25) is 0 Å². The second-order valence-corrected chi connectivity index (χ2v) is 9.11. The average Bonchev–Trinajstić information content (AvgIpc) is 2.83. The van der Waals surface area contributed by atoms with Crippen molar-refractivity contribution in [2.45, 2.75) is 32.6 Å². The fourth-order valence-electron chi connectivity index (χ4n) is 5.20. The minimum absolute atomic E-state index is 0.567. The van der Waals surface area contributed by atoms with E-state index in [0.717, 1.165) is 12.8 Å². The summed E-state index contributed by atoms with van der Waals surface area (Å²) in [4.78, 5) is 0. The highest BCUT2D eigenvalue weighted by atomic mass is 14.2. The summed E-state index contributed by atoms with van der Waals surface area (Å²) in [6, 6.07) is 27.3. The van der Waals surface area contributed by atoms with Gasteiger partial charge in [-0.2, -0.15) is 0 Å². The third kappa shape index (κ3) is 2.98. The molecule has 31 heavy (non-hydrogen) atoms. The first-order chi connectivity index (χ1) is 15.2. The second kappa shape index (κ2) is 7.10. The van der Waals surface area contributed by atoms with Gasteiger partial charge in [-0.3, -0.25) is 0 Å². The Morgan fingerprint density at radius 2 is 1.35 bits per heavy atom. The van der Waals surface area contributed by atoms with Crippen LogP contribution in [-0.4, -0.2) is 0 Å². The molecule has 0 fully saturated rings. The average molecular weight is 399 g/mol. The number of rotatable bonds is 3. The third-order valence-corrected chi connectivity index (χ3v) is 6.94. The molecule has 0 heterocycles. The molecule has 0 N–H and O–H groups in total. The van der Waals surface area contributed by atoms with Crippen molar-refractivity contribution in [1.29, 1.82) is 0 Å². The van der Waals surface area contributed by atoms with Crippen molar-refractivity contribution in [3.05, 3.63) is 107 Å². The highest BCUT2D eigenvalue weighted by molar-refractivity contribution is 6.05. The monoisotopic (exact) mass is 398 g/mol. The van der Waals surface area contributed by atoms with Gasteiger partial charge in [0.15, 0.2) is 0 Å². The first-order valence-electron chi connectivity index (χ1n) is 11.3. The Morgan fingerprint density at radius 1 is 0.677 bits per heavy atom. The minimum Gasteiger partial charge on any atom is -0.0795 e. The molecule has 0 saturated heterocycles. The first kappa shape index (κ1) is 18.4. The van der Waals surface area contributed by atoms with Gasteiger partial charge in [0.2, 0.25) is 0 Å². The Labute approximate surface area is 184 Å². The molecule has 0 saturated carbocycles. The van der Waals surface area contributed by atoms with Crippen LogP contribution in [0.25, 0.3) is 44.7 Å². The molecular weight excluding hydrogens is 372 g/mol. The number of benzene rings is 4. The zero-order chi connectivity index (χ0) is 20.9. The maximum atomic E-state index is 2.44. The summed E-state index contributed by atoms with van der Waals surface area (Å²) in [5.74, 6) is 0.567. The number of hydrogen-bond donors (Lipinski definition) is 0. The molecule has 4 aromatic carbocycles. The molecule has 0 spiro atoms. The molecule has 6 rings (SSSR count). The maximum absolute atomic E-state index is 2.44. The van der Waals surface area contributed by atoms with Crippen LogP contribution >= 0.6 is 0 Å². The van der Waals surface area contributed by atoms with Crippen molar-refractivity contribution in [2.24, 2.45) is 0 Å². The smallest absolute Gasteiger partial charge is 0.00612 e. The molecule has 150 valence electrons. The molecule has 0 aliphatic heterocycles. The van der Waals surface area contributed by atoms with Crippen molar-refractivity contribution < 1.29 is 0 Å². The SMILES string of the molecule is CC(C)c1ccc(-c2ccc(-c3ccc4ccc5c6c4c3CC=C6CC=C5)cc2)cc1. The fourth-order valence-corrected chi connectivity index (χ4v) is 5.20. The van der Waals surface area contributed by atoms with Crippen molar-refractivity contribution in [1.82, 2.24) is 0 Å². The van der Waals surface area contributed by atoms with Crippen LogP contribution in [-0.2, 0) is 6.42 Å². The van der Waals surface area contributed by atoms with Gasteiger partial charge in [-0.15, -0.1) is 0 Å². The van der Waals surface area contributed by atoms with Crippen molar-refractivity contribution in [2.75, 3.05) is 0 Å². The van der Waals surface area contributed by atoms with Crippen LogP contribution in [0.4, 0.5) is 0 Å². The van der Waals surface area contributed by atoms with Crippen molar-refractivity contribution in [3.63, 3.8) is 0 Å². The van der Waals surface area contributed by atoms with E-state index in [0.29, 0.717) is 5.92 Å². The number of allylic oxidation sites excluding steroid dienone is 3. The van der Waals surface area contributed by atoms with Crippen molar-refractivity contribution >= 4 is 22.4 Å². The maximum Gasteiger partial charge on any atom is -0.00612 e. The fraction of sp³-hybridized carbons (Fsp3) is 0.161. The summed E-state index contributed by atoms with van der Waals surface area (Å²) in [6.07, 6.45) is 9.09. The Bertz CT molecular complexity index is 1360. The molecular formula is C31H26. The van der Waals surface area contributed by atoms with E-state index >= 15 is 0 Å². The van der Waals surface area contributed by atoms with E-state index in [4.69, 9.17) is 0 Å². The predicted octanol–water partition coefficient (Wildman–Crippen LogP) is 8.65. The molecule has 0 amide bonds. The van der Waals surface area contributed by atoms with Crippen LogP contribution < -0.4 is 0 Å². The van der Waals surface area contributed by atoms with Gasteiger partial charge in [0.05, 0.1) is 0 Å². The van der Waals surface area contributed by atoms with E-state index in [1.165, 1.54) is 60.9 Å². The summed E-state index contributed by atoms with van der Waals surface area (Å²) in [5, 5.41) is 2.82. The lowest BCUT2D eigenvalue weighted by atomic mass is 9.79. The normalized spacial score (nSPS) is 14.2. The van der Waals surface area contributed by atoms with Gasteiger partial charge in [-0.25, -0.2) is 0 Å². The van der Waals surface area contributed by atoms with Crippen LogP contribution in [0.15, 0.2) is 84.9 Å². The molecule has 0 heteroatoms. The zero-order valence-electron chi connectivity index (χ0n) is 18.2. The summed E-state index contributed by atoms with van der Waals surface area (Å²) in [5.41, 5.74) is 12.4. The minimum atomic E-state index is 0.567. The summed E-state index contributed by atoms with van der Waals surface area (Å²) in [6.45, 7) is 4.48. The molecule has 0 aromatic heterocycles. The molecule has 2 aliphatic carbocycles. The van der Waals surface area contributed by atoms with Crippen LogP contribution in [0, 0.1) is 0 Å². The predicted molar refractivity (Wildman–Crippen MR) is 134 cm³/mol. The molecule has 0 bridgehead atoms. The Balaban J connectivity index is 1.43.